The van der Waals surface area contributed by atoms with Gasteiger partial charge in [0.25, 0.3) is 11.8 Å². The first-order chi connectivity index (χ1) is 19.4. The Balaban J connectivity index is 1.42. The van der Waals surface area contributed by atoms with Gasteiger partial charge < -0.3 is 9.64 Å². The van der Waals surface area contributed by atoms with Crippen molar-refractivity contribution in [1.29, 1.82) is 0 Å². The summed E-state index contributed by atoms with van der Waals surface area (Å²) in [6.45, 7) is 3.36. The molecule has 0 radical (unpaired) electrons. The van der Waals surface area contributed by atoms with E-state index in [0.717, 1.165) is 13.1 Å². The molecule has 0 aliphatic carbocycles. The first-order valence-corrected chi connectivity index (χ1v) is 13.5. The minimum Gasteiger partial charge on any atom is -0.379 e. The van der Waals surface area contributed by atoms with E-state index in [4.69, 9.17) is 16.3 Å². The Hall–Kier alpha value is -3.66. The van der Waals surface area contributed by atoms with Crippen LogP contribution in [0.5, 0.6) is 0 Å². The minimum atomic E-state index is -0.510. The molecule has 3 aromatic carbocycles. The van der Waals surface area contributed by atoms with Crippen LogP contribution < -0.4 is 0 Å². The van der Waals surface area contributed by atoms with Crippen molar-refractivity contribution in [2.45, 2.75) is 12.5 Å². The number of carbonyl (C=O) groups is 2. The standard InChI is InChI=1S/C30H29ClF2N4O3/c31-26-4-2-1-3-25(26)30(39)36(14-13-35-15-17-40-18-16-35)20-29(38)37-28(22-7-11-24(33)12-8-22)19-27(34-37)21-5-9-23(32)10-6-21/h1-12,28H,13-20H2. The van der Waals surface area contributed by atoms with E-state index in [2.05, 4.69) is 10.0 Å². The van der Waals surface area contributed by atoms with Gasteiger partial charge in [-0.15, -0.1) is 0 Å². The van der Waals surface area contributed by atoms with E-state index in [1.807, 2.05) is 0 Å². The molecule has 1 fully saturated rings. The quantitative estimate of drug-likeness (QED) is 0.394. The third-order valence-electron chi connectivity index (χ3n) is 7.11. The summed E-state index contributed by atoms with van der Waals surface area (Å²) in [4.78, 5) is 31.1. The lowest BCUT2D eigenvalue weighted by molar-refractivity contribution is -0.133. The van der Waals surface area contributed by atoms with Crippen molar-refractivity contribution in [3.05, 3.63) is 106 Å². The van der Waals surface area contributed by atoms with Gasteiger partial charge in [0.2, 0.25) is 0 Å². The summed E-state index contributed by atoms with van der Waals surface area (Å²) in [5, 5.41) is 6.27. The van der Waals surface area contributed by atoms with Crippen molar-refractivity contribution in [2.24, 2.45) is 5.10 Å². The molecule has 208 valence electrons. The molecule has 1 atom stereocenters. The Morgan fingerprint density at radius 2 is 1.60 bits per heavy atom. The normalized spacial score (nSPS) is 17.5. The molecule has 0 N–H and O–H groups in total. The number of morpholine rings is 1. The van der Waals surface area contributed by atoms with Gasteiger partial charge in [0.05, 0.1) is 35.6 Å². The van der Waals surface area contributed by atoms with Crippen molar-refractivity contribution in [3.63, 3.8) is 0 Å². The Kier molecular flexibility index (Phi) is 8.84. The molecule has 2 amide bonds. The maximum absolute atomic E-state index is 13.8. The molecule has 1 unspecified atom stereocenters. The van der Waals surface area contributed by atoms with Gasteiger partial charge in [-0.1, -0.05) is 48.0 Å². The van der Waals surface area contributed by atoms with Crippen molar-refractivity contribution < 1.29 is 23.1 Å². The monoisotopic (exact) mass is 566 g/mol. The minimum absolute atomic E-state index is 0.230. The second-order valence-corrected chi connectivity index (χ2v) is 10.1. The molecule has 5 rings (SSSR count). The van der Waals surface area contributed by atoms with E-state index in [0.29, 0.717) is 60.1 Å². The predicted octanol–water partition coefficient (Wildman–Crippen LogP) is 4.77. The third kappa shape index (κ3) is 6.55. The number of rotatable bonds is 8. The molecule has 0 saturated carbocycles. The molecule has 7 nitrogen and oxygen atoms in total. The lowest BCUT2D eigenvalue weighted by Crippen LogP contribution is -2.46. The summed E-state index contributed by atoms with van der Waals surface area (Å²) >= 11 is 6.34. The number of hydrazone groups is 1. The molecule has 2 aliphatic heterocycles. The van der Waals surface area contributed by atoms with Crippen LogP contribution in [-0.2, 0) is 9.53 Å². The zero-order chi connectivity index (χ0) is 28.1. The van der Waals surface area contributed by atoms with Gasteiger partial charge in [-0.05, 0) is 47.5 Å². The van der Waals surface area contributed by atoms with Crippen LogP contribution in [0.2, 0.25) is 5.02 Å². The van der Waals surface area contributed by atoms with E-state index >= 15 is 0 Å². The van der Waals surface area contributed by atoms with E-state index in [9.17, 15) is 18.4 Å². The van der Waals surface area contributed by atoms with Crippen LogP contribution in [0.4, 0.5) is 8.78 Å². The zero-order valence-electron chi connectivity index (χ0n) is 21.8. The highest BCUT2D eigenvalue weighted by atomic mass is 35.5. The van der Waals surface area contributed by atoms with Crippen molar-refractivity contribution in [3.8, 4) is 0 Å². The number of amides is 2. The number of hydrogen-bond donors (Lipinski definition) is 0. The number of hydrogen-bond acceptors (Lipinski definition) is 5. The number of ether oxygens (including phenoxy) is 1. The first kappa shape index (κ1) is 27.9. The highest BCUT2D eigenvalue weighted by molar-refractivity contribution is 6.33. The Morgan fingerprint density at radius 1 is 0.950 bits per heavy atom. The van der Waals surface area contributed by atoms with E-state index in [1.54, 1.807) is 48.5 Å². The van der Waals surface area contributed by atoms with E-state index < -0.39 is 11.9 Å². The molecule has 0 bridgehead atoms. The number of nitrogens with zero attached hydrogens (tertiary/aromatic N) is 4. The second kappa shape index (κ2) is 12.7. The van der Waals surface area contributed by atoms with Crippen LogP contribution in [0, 0.1) is 11.6 Å². The molecule has 2 aliphatic rings. The maximum Gasteiger partial charge on any atom is 0.262 e. The van der Waals surface area contributed by atoms with Crippen LogP contribution in [0.25, 0.3) is 0 Å². The van der Waals surface area contributed by atoms with Gasteiger partial charge in [0, 0.05) is 32.6 Å². The fourth-order valence-electron chi connectivity index (χ4n) is 4.88. The summed E-state index contributed by atoms with van der Waals surface area (Å²) in [5.74, 6) is -1.51. The van der Waals surface area contributed by atoms with Crippen molar-refractivity contribution in [2.75, 3.05) is 45.9 Å². The molecule has 40 heavy (non-hydrogen) atoms. The van der Waals surface area contributed by atoms with Crippen LogP contribution in [0.1, 0.15) is 33.9 Å². The van der Waals surface area contributed by atoms with Crippen LogP contribution in [-0.4, -0.2) is 78.3 Å². The first-order valence-electron chi connectivity index (χ1n) is 13.1. The lowest BCUT2D eigenvalue weighted by atomic mass is 9.98. The highest BCUT2D eigenvalue weighted by Crippen LogP contribution is 2.33. The van der Waals surface area contributed by atoms with Crippen molar-refractivity contribution in [1.82, 2.24) is 14.8 Å². The fraction of sp³-hybridized carbons (Fsp3) is 0.300. The summed E-state index contributed by atoms with van der Waals surface area (Å²) < 4.78 is 32.7. The fourth-order valence-corrected chi connectivity index (χ4v) is 5.10. The van der Waals surface area contributed by atoms with Crippen LogP contribution >= 0.6 is 11.6 Å². The highest BCUT2D eigenvalue weighted by Gasteiger charge is 2.35. The van der Waals surface area contributed by atoms with Gasteiger partial charge >= 0.3 is 0 Å². The summed E-state index contributed by atoms with van der Waals surface area (Å²) in [6.07, 6.45) is 0.356. The molecular weight excluding hydrogens is 538 g/mol. The number of benzene rings is 3. The van der Waals surface area contributed by atoms with Crippen LogP contribution in [0.3, 0.4) is 0 Å². The zero-order valence-corrected chi connectivity index (χ0v) is 22.6. The van der Waals surface area contributed by atoms with Crippen molar-refractivity contribution >= 4 is 29.1 Å². The number of halogens is 3. The average Bonchev–Trinajstić information content (AvgIpc) is 3.42. The van der Waals surface area contributed by atoms with Gasteiger partial charge in [0.15, 0.2) is 0 Å². The molecule has 0 aromatic heterocycles. The largest absolute Gasteiger partial charge is 0.379 e. The SMILES string of the molecule is O=C(c1ccccc1Cl)N(CCN1CCOCC1)CC(=O)N1N=C(c2ccc(F)cc2)CC1c1ccc(F)cc1. The van der Waals surface area contributed by atoms with Gasteiger partial charge in [-0.2, -0.15) is 5.10 Å². The topological polar surface area (TPSA) is 65.5 Å². The Bertz CT molecular complexity index is 1380. The molecular formula is C30H29ClF2N4O3. The second-order valence-electron chi connectivity index (χ2n) is 9.72. The molecule has 0 spiro atoms. The Morgan fingerprint density at radius 3 is 2.27 bits per heavy atom. The molecule has 2 heterocycles. The summed E-state index contributed by atoms with van der Waals surface area (Å²) in [6, 6.07) is 18.0. The van der Waals surface area contributed by atoms with E-state index in [1.165, 1.54) is 34.2 Å². The molecule has 10 heteroatoms. The maximum atomic E-state index is 13.8. The third-order valence-corrected chi connectivity index (χ3v) is 7.44. The van der Waals surface area contributed by atoms with Gasteiger partial charge in [-0.3, -0.25) is 14.5 Å². The Labute approximate surface area is 236 Å². The lowest BCUT2D eigenvalue weighted by Gasteiger charge is -2.31. The molecule has 3 aromatic rings. The average molecular weight is 567 g/mol. The molecule has 1 saturated heterocycles. The van der Waals surface area contributed by atoms with Gasteiger partial charge in [-0.25, -0.2) is 13.8 Å². The van der Waals surface area contributed by atoms with Gasteiger partial charge in [0.1, 0.15) is 18.2 Å². The predicted molar refractivity (Wildman–Crippen MR) is 148 cm³/mol. The summed E-state index contributed by atoms with van der Waals surface area (Å²) in [7, 11) is 0. The number of carbonyl (C=O) groups excluding carboxylic acids is 2. The summed E-state index contributed by atoms with van der Waals surface area (Å²) in [5.41, 5.74) is 2.29. The van der Waals surface area contributed by atoms with Crippen LogP contribution in [0.15, 0.2) is 77.9 Å². The van der Waals surface area contributed by atoms with E-state index in [-0.39, 0.29) is 24.1 Å². The smallest absolute Gasteiger partial charge is 0.262 e.